The molecule has 1 aromatic rings. The molecule has 0 aliphatic carbocycles. The minimum atomic E-state index is 0.0820. The van der Waals surface area contributed by atoms with Crippen LogP contribution in [0, 0.1) is 12.8 Å². The third-order valence-electron chi connectivity index (χ3n) is 2.39. The molecule has 0 bridgehead atoms. The van der Waals surface area contributed by atoms with Crippen LogP contribution in [0.4, 0.5) is 0 Å². The van der Waals surface area contributed by atoms with Crippen molar-refractivity contribution in [3.63, 3.8) is 0 Å². The van der Waals surface area contributed by atoms with Gasteiger partial charge in [0.25, 0.3) is 0 Å². The number of alkyl halides is 1. The molecular weight excluding hydrogens is 236 g/mol. The fraction of sp³-hybridized carbons (Fsp3) is 0.500. The monoisotopic (exact) mass is 254 g/mol. The van der Waals surface area contributed by atoms with Gasteiger partial charge in [-0.15, -0.1) is 11.6 Å². The Balaban J connectivity index is 2.75. The van der Waals surface area contributed by atoms with Crippen LogP contribution >= 0.6 is 11.6 Å². The molecule has 1 aromatic carbocycles. The van der Waals surface area contributed by atoms with Crippen molar-refractivity contribution in [3.8, 4) is 5.75 Å². The fourth-order valence-electron chi connectivity index (χ4n) is 1.47. The summed E-state index contributed by atoms with van der Waals surface area (Å²) in [4.78, 5) is 11.6. The van der Waals surface area contributed by atoms with Gasteiger partial charge >= 0.3 is 0 Å². The summed E-state index contributed by atoms with van der Waals surface area (Å²) >= 11 is 5.56. The Morgan fingerprint density at radius 1 is 1.41 bits per heavy atom. The Morgan fingerprint density at radius 2 is 2.12 bits per heavy atom. The van der Waals surface area contributed by atoms with Crippen LogP contribution in [0.5, 0.6) is 5.75 Å². The van der Waals surface area contributed by atoms with Gasteiger partial charge in [-0.1, -0.05) is 13.8 Å². The summed E-state index contributed by atoms with van der Waals surface area (Å²) in [7, 11) is 0. The second kappa shape index (κ2) is 6.65. The highest BCUT2D eigenvalue weighted by atomic mass is 35.5. The molecule has 0 atom stereocenters. The number of hydrogen-bond donors (Lipinski definition) is 0. The summed E-state index contributed by atoms with van der Waals surface area (Å²) in [6, 6.07) is 5.53. The van der Waals surface area contributed by atoms with Crippen LogP contribution < -0.4 is 4.74 Å². The van der Waals surface area contributed by atoms with E-state index in [-0.39, 0.29) is 5.78 Å². The summed E-state index contributed by atoms with van der Waals surface area (Å²) in [6.07, 6.45) is 0.382. The van der Waals surface area contributed by atoms with E-state index in [2.05, 4.69) is 13.8 Å². The zero-order valence-electron chi connectivity index (χ0n) is 10.6. The molecular formula is C14H19ClO2. The SMILES string of the molecule is Cc1cc(C(=O)CCCl)ccc1OCC(C)C. The number of aryl methyl sites for hydroxylation is 1. The second-order valence-electron chi connectivity index (χ2n) is 4.55. The zero-order valence-corrected chi connectivity index (χ0v) is 11.4. The topological polar surface area (TPSA) is 26.3 Å². The van der Waals surface area contributed by atoms with E-state index in [4.69, 9.17) is 16.3 Å². The van der Waals surface area contributed by atoms with E-state index < -0.39 is 0 Å². The van der Waals surface area contributed by atoms with Gasteiger partial charge in [-0.25, -0.2) is 0 Å². The Hall–Kier alpha value is -1.02. The first-order chi connectivity index (χ1) is 8.04. The first-order valence-electron chi connectivity index (χ1n) is 5.87. The molecule has 0 fully saturated rings. The lowest BCUT2D eigenvalue weighted by molar-refractivity contribution is 0.0989. The van der Waals surface area contributed by atoms with Crippen LogP contribution in [0.2, 0.25) is 0 Å². The van der Waals surface area contributed by atoms with Crippen molar-refractivity contribution in [1.82, 2.24) is 0 Å². The number of ether oxygens (including phenoxy) is 1. The summed E-state index contributed by atoms with van der Waals surface area (Å²) in [5.41, 5.74) is 1.70. The maximum Gasteiger partial charge on any atom is 0.164 e. The molecule has 3 heteroatoms. The van der Waals surface area contributed by atoms with Gasteiger partial charge in [0.1, 0.15) is 5.75 Å². The zero-order chi connectivity index (χ0) is 12.8. The van der Waals surface area contributed by atoms with Crippen molar-refractivity contribution >= 4 is 17.4 Å². The minimum absolute atomic E-state index is 0.0820. The predicted octanol–water partition coefficient (Wildman–Crippen LogP) is 3.84. The molecule has 0 spiro atoms. The molecule has 17 heavy (non-hydrogen) atoms. The number of halogens is 1. The molecule has 0 saturated heterocycles. The van der Waals surface area contributed by atoms with Crippen molar-refractivity contribution in [3.05, 3.63) is 29.3 Å². The first kappa shape index (κ1) is 14.0. The number of hydrogen-bond acceptors (Lipinski definition) is 2. The van der Waals surface area contributed by atoms with E-state index >= 15 is 0 Å². The van der Waals surface area contributed by atoms with E-state index in [9.17, 15) is 4.79 Å². The van der Waals surface area contributed by atoms with Crippen LogP contribution in [0.25, 0.3) is 0 Å². The number of benzene rings is 1. The lowest BCUT2D eigenvalue weighted by Gasteiger charge is -2.12. The van der Waals surface area contributed by atoms with Crippen LogP contribution in [-0.4, -0.2) is 18.3 Å². The number of Topliss-reactive ketones (excluding diaryl/α,β-unsaturated/α-hetero) is 1. The largest absolute Gasteiger partial charge is 0.493 e. The van der Waals surface area contributed by atoms with Crippen LogP contribution in [0.15, 0.2) is 18.2 Å². The van der Waals surface area contributed by atoms with Crippen LogP contribution in [0.3, 0.4) is 0 Å². The molecule has 94 valence electrons. The van der Waals surface area contributed by atoms with E-state index in [1.165, 1.54) is 0 Å². The summed E-state index contributed by atoms with van der Waals surface area (Å²) in [5, 5.41) is 0. The first-order valence-corrected chi connectivity index (χ1v) is 6.40. The molecule has 0 radical (unpaired) electrons. The van der Waals surface area contributed by atoms with Crippen LogP contribution in [-0.2, 0) is 0 Å². The molecule has 0 unspecified atom stereocenters. The molecule has 0 heterocycles. The molecule has 1 rings (SSSR count). The van der Waals surface area contributed by atoms with Gasteiger partial charge in [0.15, 0.2) is 5.78 Å². The molecule has 0 aliphatic heterocycles. The Kier molecular flexibility index (Phi) is 5.49. The molecule has 0 saturated carbocycles. The van der Waals surface area contributed by atoms with Crippen molar-refractivity contribution in [2.75, 3.05) is 12.5 Å². The standard InChI is InChI=1S/C14H19ClO2/c1-10(2)9-17-14-5-4-12(8-11(14)3)13(16)6-7-15/h4-5,8,10H,6-7,9H2,1-3H3. The lowest BCUT2D eigenvalue weighted by Crippen LogP contribution is -2.06. The minimum Gasteiger partial charge on any atom is -0.493 e. The highest BCUT2D eigenvalue weighted by Gasteiger charge is 2.08. The van der Waals surface area contributed by atoms with E-state index in [1.807, 2.05) is 19.1 Å². The molecule has 0 aromatic heterocycles. The predicted molar refractivity (Wildman–Crippen MR) is 71.2 cm³/mol. The normalized spacial score (nSPS) is 10.6. The van der Waals surface area contributed by atoms with Crippen molar-refractivity contribution < 1.29 is 9.53 Å². The Morgan fingerprint density at radius 3 is 2.65 bits per heavy atom. The Labute approximate surface area is 108 Å². The van der Waals surface area contributed by atoms with Crippen LogP contribution in [0.1, 0.15) is 36.2 Å². The van der Waals surface area contributed by atoms with E-state index in [1.54, 1.807) is 6.07 Å². The van der Waals surface area contributed by atoms with Crippen molar-refractivity contribution in [2.24, 2.45) is 5.92 Å². The van der Waals surface area contributed by atoms with Gasteiger partial charge in [-0.2, -0.15) is 0 Å². The average Bonchev–Trinajstić information content (AvgIpc) is 2.27. The lowest BCUT2D eigenvalue weighted by atomic mass is 10.1. The van der Waals surface area contributed by atoms with Crippen molar-refractivity contribution in [2.45, 2.75) is 27.2 Å². The highest BCUT2D eigenvalue weighted by Crippen LogP contribution is 2.20. The smallest absolute Gasteiger partial charge is 0.164 e. The molecule has 2 nitrogen and oxygen atoms in total. The number of carbonyl (C=O) groups excluding carboxylic acids is 1. The summed E-state index contributed by atoms with van der Waals surface area (Å²) < 4.78 is 5.66. The molecule has 0 aliphatic rings. The third-order valence-corrected chi connectivity index (χ3v) is 2.58. The van der Waals surface area contributed by atoms with Crippen molar-refractivity contribution in [1.29, 1.82) is 0 Å². The number of carbonyl (C=O) groups is 1. The summed E-state index contributed by atoms with van der Waals surface area (Å²) in [6.45, 7) is 6.85. The maximum atomic E-state index is 11.6. The van der Waals surface area contributed by atoms with Gasteiger partial charge in [0.05, 0.1) is 6.61 Å². The number of ketones is 1. The van der Waals surface area contributed by atoms with E-state index in [0.29, 0.717) is 30.4 Å². The fourth-order valence-corrected chi connectivity index (χ4v) is 1.64. The molecule has 0 amide bonds. The highest BCUT2D eigenvalue weighted by molar-refractivity contribution is 6.19. The third kappa shape index (κ3) is 4.39. The van der Waals surface area contributed by atoms with Gasteiger partial charge in [-0.05, 0) is 36.6 Å². The van der Waals surface area contributed by atoms with E-state index in [0.717, 1.165) is 11.3 Å². The molecule has 0 N–H and O–H groups in total. The maximum absolute atomic E-state index is 11.6. The van der Waals surface area contributed by atoms with Gasteiger partial charge in [0.2, 0.25) is 0 Å². The quantitative estimate of drug-likeness (QED) is 0.570. The average molecular weight is 255 g/mol. The van der Waals surface area contributed by atoms with Gasteiger partial charge < -0.3 is 4.74 Å². The van der Waals surface area contributed by atoms with Gasteiger partial charge in [-0.3, -0.25) is 4.79 Å². The summed E-state index contributed by atoms with van der Waals surface area (Å²) in [5.74, 6) is 1.79. The number of rotatable bonds is 6. The second-order valence-corrected chi connectivity index (χ2v) is 4.93. The Bertz CT molecular complexity index is 386. The van der Waals surface area contributed by atoms with Gasteiger partial charge in [0, 0.05) is 17.9 Å².